The maximum Gasteiger partial charge on any atom is 0.338 e. The number of rotatable bonds is 6. The van der Waals surface area contributed by atoms with E-state index in [-0.39, 0.29) is 18.3 Å². The van der Waals surface area contributed by atoms with Crippen LogP contribution in [-0.2, 0) is 32.6 Å². The van der Waals surface area contributed by atoms with Crippen molar-refractivity contribution >= 4 is 27.0 Å². The third-order valence-corrected chi connectivity index (χ3v) is 7.56. The average Bonchev–Trinajstić information content (AvgIpc) is 3.45. The number of carbonyl (C=O) groups excluding carboxylic acids is 1. The van der Waals surface area contributed by atoms with Gasteiger partial charge in [0.2, 0.25) is 16.8 Å². The number of aryl methyl sites for hydroxylation is 1. The fourth-order valence-electron chi connectivity index (χ4n) is 3.96. The number of aromatic nitrogens is 2. The summed E-state index contributed by atoms with van der Waals surface area (Å²) < 4.78 is 50.6. The summed E-state index contributed by atoms with van der Waals surface area (Å²) >= 11 is 0. The molecule has 1 fully saturated rings. The Morgan fingerprint density at radius 2 is 1.88 bits per heavy atom. The van der Waals surface area contributed by atoms with Crippen molar-refractivity contribution in [2.24, 2.45) is 0 Å². The van der Waals surface area contributed by atoms with Gasteiger partial charge in [-0.2, -0.15) is 4.31 Å². The van der Waals surface area contributed by atoms with Gasteiger partial charge in [0.1, 0.15) is 12.4 Å². The van der Waals surface area contributed by atoms with Gasteiger partial charge in [0.25, 0.3) is 0 Å². The third kappa shape index (κ3) is 4.03. The maximum atomic E-state index is 13.0. The minimum Gasteiger partial charge on any atom is -0.454 e. The largest absolute Gasteiger partial charge is 0.454 e. The van der Waals surface area contributed by atoms with Gasteiger partial charge in [0.15, 0.2) is 11.5 Å². The molecule has 0 N–H and O–H groups in total. The molecule has 5 rings (SSSR count). The summed E-state index contributed by atoms with van der Waals surface area (Å²) in [5, 5.41) is 0. The molecule has 2 aliphatic rings. The van der Waals surface area contributed by atoms with Crippen LogP contribution in [0.3, 0.4) is 0 Å². The van der Waals surface area contributed by atoms with E-state index in [4.69, 9.17) is 18.9 Å². The van der Waals surface area contributed by atoms with E-state index in [1.165, 1.54) is 4.31 Å². The van der Waals surface area contributed by atoms with Crippen LogP contribution >= 0.6 is 0 Å². The van der Waals surface area contributed by atoms with Crippen molar-refractivity contribution in [3.05, 3.63) is 47.8 Å². The van der Waals surface area contributed by atoms with Crippen LogP contribution in [0.25, 0.3) is 11.0 Å². The first-order chi connectivity index (χ1) is 16.0. The second-order valence-electron chi connectivity index (χ2n) is 7.58. The number of sulfonamides is 1. The van der Waals surface area contributed by atoms with Gasteiger partial charge in [0, 0.05) is 19.6 Å². The number of hydrogen-bond donors (Lipinski definition) is 0. The second-order valence-corrected chi connectivity index (χ2v) is 9.52. The maximum absolute atomic E-state index is 13.0. The number of morpholine rings is 1. The Kier molecular flexibility index (Phi) is 5.69. The Balaban J connectivity index is 1.37. The van der Waals surface area contributed by atoms with Crippen molar-refractivity contribution in [2.75, 3.05) is 33.1 Å². The molecule has 174 valence electrons. The fourth-order valence-corrected chi connectivity index (χ4v) is 5.38. The molecule has 1 aromatic heterocycles. The molecule has 3 aromatic rings. The lowest BCUT2D eigenvalue weighted by molar-refractivity contribution is 0.0458. The number of benzene rings is 2. The van der Waals surface area contributed by atoms with Crippen molar-refractivity contribution in [3.63, 3.8) is 0 Å². The minimum atomic E-state index is -3.63. The predicted octanol–water partition coefficient (Wildman–Crippen LogP) is 2.16. The van der Waals surface area contributed by atoms with Crippen LogP contribution in [0.4, 0.5) is 0 Å². The van der Waals surface area contributed by atoms with E-state index in [9.17, 15) is 13.2 Å². The zero-order chi connectivity index (χ0) is 23.0. The molecule has 1 saturated heterocycles. The molecular weight excluding hydrogens is 450 g/mol. The summed E-state index contributed by atoms with van der Waals surface area (Å²) in [7, 11) is -3.63. The van der Waals surface area contributed by atoms with Crippen LogP contribution < -0.4 is 9.47 Å². The van der Waals surface area contributed by atoms with Crippen LogP contribution in [0.5, 0.6) is 11.5 Å². The highest BCUT2D eigenvalue weighted by Crippen LogP contribution is 2.32. The van der Waals surface area contributed by atoms with E-state index in [1.807, 2.05) is 11.5 Å². The van der Waals surface area contributed by atoms with Crippen molar-refractivity contribution in [1.82, 2.24) is 13.9 Å². The number of nitrogens with zero attached hydrogens (tertiary/aromatic N) is 3. The normalized spacial score (nSPS) is 16.3. The average molecular weight is 474 g/mol. The molecule has 0 atom stereocenters. The number of carbonyl (C=O) groups is 1. The Hall–Kier alpha value is -3.15. The Morgan fingerprint density at radius 1 is 1.09 bits per heavy atom. The van der Waals surface area contributed by atoms with Gasteiger partial charge in [-0.05, 0) is 43.3 Å². The highest BCUT2D eigenvalue weighted by atomic mass is 32.2. The van der Waals surface area contributed by atoms with Gasteiger partial charge in [0.05, 0.1) is 34.7 Å². The third-order valence-electron chi connectivity index (χ3n) is 5.66. The molecule has 0 aliphatic carbocycles. The highest BCUT2D eigenvalue weighted by molar-refractivity contribution is 7.89. The Bertz CT molecular complexity index is 1310. The SMILES string of the molecule is CCn1c(COC(=O)c2ccc3c(c2)OCO3)nc2cc(S(=O)(=O)N3CCOCC3)ccc21. The molecule has 2 aromatic carbocycles. The molecular formula is C22H23N3O7S. The van der Waals surface area contributed by atoms with E-state index < -0.39 is 16.0 Å². The van der Waals surface area contributed by atoms with E-state index in [2.05, 4.69) is 4.98 Å². The summed E-state index contributed by atoms with van der Waals surface area (Å²) in [6.45, 7) is 4.01. The molecule has 2 aliphatic heterocycles. The molecule has 0 unspecified atom stereocenters. The zero-order valence-corrected chi connectivity index (χ0v) is 18.8. The van der Waals surface area contributed by atoms with Gasteiger partial charge in [-0.25, -0.2) is 18.2 Å². The molecule has 11 heteroatoms. The summed E-state index contributed by atoms with van der Waals surface area (Å²) in [4.78, 5) is 17.3. The number of esters is 1. The van der Waals surface area contributed by atoms with Crippen LogP contribution in [0.15, 0.2) is 41.3 Å². The predicted molar refractivity (Wildman–Crippen MR) is 117 cm³/mol. The first kappa shape index (κ1) is 21.7. The lowest BCUT2D eigenvalue weighted by atomic mass is 10.2. The molecule has 10 nitrogen and oxygen atoms in total. The van der Waals surface area contributed by atoms with E-state index in [1.54, 1.807) is 36.4 Å². The summed E-state index contributed by atoms with van der Waals surface area (Å²) in [5.74, 6) is 1.10. The van der Waals surface area contributed by atoms with E-state index in [0.717, 1.165) is 5.52 Å². The standard InChI is InChI=1S/C22H23N3O7S/c1-2-25-18-5-4-16(33(27,28)24-7-9-29-10-8-24)12-17(18)23-21(25)13-30-22(26)15-3-6-19-20(11-15)32-14-31-19/h3-6,11-12H,2,7-10,13-14H2,1H3. The van der Waals surface area contributed by atoms with E-state index >= 15 is 0 Å². The number of hydrogen-bond acceptors (Lipinski definition) is 8. The molecule has 0 spiro atoms. The lowest BCUT2D eigenvalue weighted by Gasteiger charge is -2.26. The molecule has 0 radical (unpaired) electrons. The molecule has 0 bridgehead atoms. The van der Waals surface area contributed by atoms with Crippen LogP contribution in [0.2, 0.25) is 0 Å². The smallest absolute Gasteiger partial charge is 0.338 e. The van der Waals surface area contributed by atoms with Crippen molar-refractivity contribution in [3.8, 4) is 11.5 Å². The Morgan fingerprint density at radius 3 is 2.67 bits per heavy atom. The lowest BCUT2D eigenvalue weighted by Crippen LogP contribution is -2.40. The van der Waals surface area contributed by atoms with Gasteiger partial charge in [-0.1, -0.05) is 0 Å². The first-order valence-electron chi connectivity index (χ1n) is 10.6. The van der Waals surface area contributed by atoms with Gasteiger partial charge in [-0.15, -0.1) is 0 Å². The summed E-state index contributed by atoms with van der Waals surface area (Å²) in [6.07, 6.45) is 0. The summed E-state index contributed by atoms with van der Waals surface area (Å²) in [5.41, 5.74) is 1.64. The molecule has 0 saturated carbocycles. The fraction of sp³-hybridized carbons (Fsp3) is 0.364. The van der Waals surface area contributed by atoms with Gasteiger partial charge in [-0.3, -0.25) is 0 Å². The molecule has 3 heterocycles. The van der Waals surface area contributed by atoms with Gasteiger partial charge >= 0.3 is 5.97 Å². The van der Waals surface area contributed by atoms with Crippen molar-refractivity contribution in [2.45, 2.75) is 25.0 Å². The highest BCUT2D eigenvalue weighted by Gasteiger charge is 2.27. The van der Waals surface area contributed by atoms with Crippen molar-refractivity contribution in [1.29, 1.82) is 0 Å². The number of ether oxygens (including phenoxy) is 4. The van der Waals surface area contributed by atoms with Crippen LogP contribution in [-0.4, -0.2) is 61.3 Å². The molecule has 33 heavy (non-hydrogen) atoms. The zero-order valence-electron chi connectivity index (χ0n) is 18.0. The quantitative estimate of drug-likeness (QED) is 0.501. The Labute approximate surface area is 190 Å². The minimum absolute atomic E-state index is 0.0542. The molecule has 0 amide bonds. The van der Waals surface area contributed by atoms with Crippen molar-refractivity contribution < 1.29 is 32.2 Å². The number of imidazole rings is 1. The number of fused-ring (bicyclic) bond motifs is 2. The second kappa shape index (κ2) is 8.65. The van der Waals surface area contributed by atoms with Crippen LogP contribution in [0, 0.1) is 0 Å². The first-order valence-corrected chi connectivity index (χ1v) is 12.0. The summed E-state index contributed by atoms with van der Waals surface area (Å²) in [6, 6.07) is 9.75. The topological polar surface area (TPSA) is 109 Å². The van der Waals surface area contributed by atoms with E-state index in [0.29, 0.717) is 61.3 Å². The van der Waals surface area contributed by atoms with Gasteiger partial charge < -0.3 is 23.5 Å². The monoisotopic (exact) mass is 473 g/mol. The van der Waals surface area contributed by atoms with Crippen LogP contribution in [0.1, 0.15) is 23.1 Å².